The molecule has 106 valence electrons. The Kier molecular flexibility index (Phi) is 5.40. The highest BCUT2D eigenvalue weighted by Gasteiger charge is 2.07. The number of aromatic nitrogens is 1. The maximum absolute atomic E-state index is 6.05. The van der Waals surface area contributed by atoms with Crippen LogP contribution in [0.3, 0.4) is 0 Å². The number of rotatable bonds is 5. The van der Waals surface area contributed by atoms with Crippen LogP contribution in [0.5, 0.6) is 5.75 Å². The summed E-state index contributed by atoms with van der Waals surface area (Å²) < 4.78 is 5.47. The van der Waals surface area contributed by atoms with Gasteiger partial charge in [-0.3, -0.25) is 0 Å². The smallest absolute Gasteiger partial charge is 0.134 e. The molecule has 0 saturated carbocycles. The fourth-order valence-corrected chi connectivity index (χ4v) is 3.07. The molecule has 1 aromatic heterocycles. The molecule has 0 radical (unpaired) electrons. The van der Waals surface area contributed by atoms with Gasteiger partial charge in [0.05, 0.1) is 6.61 Å². The van der Waals surface area contributed by atoms with Crippen molar-refractivity contribution in [1.82, 2.24) is 4.98 Å². The summed E-state index contributed by atoms with van der Waals surface area (Å²) in [6.07, 6.45) is 0. The van der Waals surface area contributed by atoms with Crippen molar-refractivity contribution in [3.05, 3.63) is 46.2 Å². The van der Waals surface area contributed by atoms with Crippen LogP contribution in [0.2, 0.25) is 10.3 Å². The average molecular weight is 329 g/mol. The highest BCUT2D eigenvalue weighted by molar-refractivity contribution is 7.98. The molecule has 2 rings (SSSR count). The summed E-state index contributed by atoms with van der Waals surface area (Å²) in [6.45, 7) is 2.57. The molecule has 3 nitrogen and oxygen atoms in total. The van der Waals surface area contributed by atoms with Crippen molar-refractivity contribution in [3.8, 4) is 5.75 Å². The van der Waals surface area contributed by atoms with E-state index < -0.39 is 0 Å². The van der Waals surface area contributed by atoms with Gasteiger partial charge in [0.15, 0.2) is 0 Å². The summed E-state index contributed by atoms with van der Waals surface area (Å²) in [4.78, 5) is 4.98. The van der Waals surface area contributed by atoms with Crippen LogP contribution < -0.4 is 10.5 Å². The van der Waals surface area contributed by atoms with Crippen molar-refractivity contribution in [2.45, 2.75) is 17.6 Å². The Labute approximate surface area is 132 Å². The maximum Gasteiger partial charge on any atom is 0.134 e. The van der Waals surface area contributed by atoms with Gasteiger partial charge in [-0.05, 0) is 36.8 Å². The molecule has 0 spiro atoms. The Bertz CT molecular complexity index is 608. The van der Waals surface area contributed by atoms with Gasteiger partial charge in [0, 0.05) is 16.3 Å². The van der Waals surface area contributed by atoms with Gasteiger partial charge in [-0.15, -0.1) is 11.8 Å². The molecule has 0 unspecified atom stereocenters. The first-order valence-corrected chi connectivity index (χ1v) is 7.80. The Hall–Kier alpha value is -1.10. The fourth-order valence-electron chi connectivity index (χ4n) is 1.60. The summed E-state index contributed by atoms with van der Waals surface area (Å²) >= 11 is 13.4. The summed E-state index contributed by atoms with van der Waals surface area (Å²) in [5.41, 5.74) is 7.60. The van der Waals surface area contributed by atoms with E-state index >= 15 is 0 Å². The van der Waals surface area contributed by atoms with Crippen LogP contribution in [-0.4, -0.2) is 11.6 Å². The minimum atomic E-state index is 0.390. The maximum atomic E-state index is 6.05. The summed E-state index contributed by atoms with van der Waals surface area (Å²) in [5, 5.41) is 0.811. The number of thioether (sulfide) groups is 1. The second kappa shape index (κ2) is 7.07. The number of hydrogen-bond acceptors (Lipinski definition) is 4. The third-order valence-electron chi connectivity index (χ3n) is 2.57. The molecule has 0 bridgehead atoms. The van der Waals surface area contributed by atoms with Gasteiger partial charge >= 0.3 is 0 Å². The standard InChI is InChI=1S/C14H14Cl2N2OS/c1-2-19-10-4-5-11(17)12(7-10)20-8-9-3-6-13(15)18-14(9)16/h3-7H,2,8,17H2,1H3. The van der Waals surface area contributed by atoms with Crippen molar-refractivity contribution in [2.75, 3.05) is 12.3 Å². The molecular formula is C14H14Cl2N2OS. The number of nitrogens with two attached hydrogens (primary N) is 1. The van der Waals surface area contributed by atoms with Crippen LogP contribution in [0.15, 0.2) is 35.2 Å². The van der Waals surface area contributed by atoms with Crippen LogP contribution in [0.4, 0.5) is 5.69 Å². The van der Waals surface area contributed by atoms with Crippen molar-refractivity contribution in [3.63, 3.8) is 0 Å². The van der Waals surface area contributed by atoms with Crippen molar-refractivity contribution >= 4 is 40.7 Å². The number of halogens is 2. The number of anilines is 1. The third-order valence-corrected chi connectivity index (χ3v) is 4.23. The molecule has 0 aliphatic heterocycles. The highest BCUT2D eigenvalue weighted by atomic mass is 35.5. The highest BCUT2D eigenvalue weighted by Crippen LogP contribution is 2.33. The van der Waals surface area contributed by atoms with Crippen molar-refractivity contribution in [2.24, 2.45) is 0 Å². The molecular weight excluding hydrogens is 315 g/mol. The van der Waals surface area contributed by atoms with Gasteiger partial charge in [0.1, 0.15) is 16.1 Å². The SMILES string of the molecule is CCOc1ccc(N)c(SCc2ccc(Cl)nc2Cl)c1. The fraction of sp³-hybridized carbons (Fsp3) is 0.214. The summed E-state index contributed by atoms with van der Waals surface area (Å²) in [5.74, 6) is 1.48. The number of pyridine rings is 1. The van der Waals surface area contributed by atoms with E-state index in [9.17, 15) is 0 Å². The van der Waals surface area contributed by atoms with Crippen LogP contribution in [-0.2, 0) is 5.75 Å². The second-order valence-corrected chi connectivity index (χ2v) is 5.77. The number of benzene rings is 1. The predicted molar refractivity (Wildman–Crippen MR) is 85.8 cm³/mol. The third kappa shape index (κ3) is 3.95. The van der Waals surface area contributed by atoms with E-state index in [2.05, 4.69) is 4.98 Å². The van der Waals surface area contributed by atoms with E-state index in [1.807, 2.05) is 31.2 Å². The van der Waals surface area contributed by atoms with E-state index in [0.717, 1.165) is 21.9 Å². The Morgan fingerprint density at radius 2 is 2.05 bits per heavy atom. The van der Waals surface area contributed by atoms with Crippen molar-refractivity contribution in [1.29, 1.82) is 0 Å². The van der Waals surface area contributed by atoms with E-state index in [1.54, 1.807) is 17.8 Å². The quantitative estimate of drug-likeness (QED) is 0.492. The second-order valence-electron chi connectivity index (χ2n) is 4.01. The largest absolute Gasteiger partial charge is 0.494 e. The number of hydrogen-bond donors (Lipinski definition) is 1. The molecule has 6 heteroatoms. The van der Waals surface area contributed by atoms with E-state index in [0.29, 0.717) is 22.7 Å². The molecule has 0 aliphatic carbocycles. The minimum absolute atomic E-state index is 0.390. The van der Waals surface area contributed by atoms with Gasteiger partial charge < -0.3 is 10.5 Å². The van der Waals surface area contributed by atoms with E-state index in [-0.39, 0.29) is 0 Å². The lowest BCUT2D eigenvalue weighted by molar-refractivity contribution is 0.339. The number of ether oxygens (including phenoxy) is 1. The Balaban J connectivity index is 2.11. The number of nitrogen functional groups attached to an aromatic ring is 1. The zero-order valence-electron chi connectivity index (χ0n) is 10.9. The Morgan fingerprint density at radius 1 is 1.25 bits per heavy atom. The van der Waals surface area contributed by atoms with Gasteiger partial charge in [-0.2, -0.15) is 0 Å². The molecule has 2 N–H and O–H groups in total. The van der Waals surface area contributed by atoms with Gasteiger partial charge in [0.2, 0.25) is 0 Å². The lowest BCUT2D eigenvalue weighted by atomic mass is 10.3. The first-order valence-electron chi connectivity index (χ1n) is 6.06. The van der Waals surface area contributed by atoms with Gasteiger partial charge in [-0.25, -0.2) is 4.98 Å². The molecule has 0 amide bonds. The Morgan fingerprint density at radius 3 is 2.75 bits per heavy atom. The minimum Gasteiger partial charge on any atom is -0.494 e. The molecule has 0 fully saturated rings. The zero-order chi connectivity index (χ0) is 14.5. The first-order chi connectivity index (χ1) is 9.60. The summed E-state index contributed by atoms with van der Waals surface area (Å²) in [6, 6.07) is 9.23. The lowest BCUT2D eigenvalue weighted by Crippen LogP contribution is -1.94. The molecule has 1 heterocycles. The van der Waals surface area contributed by atoms with Crippen LogP contribution in [0.25, 0.3) is 0 Å². The van der Waals surface area contributed by atoms with Gasteiger partial charge in [-0.1, -0.05) is 29.3 Å². The molecule has 2 aromatic rings. The monoisotopic (exact) mass is 328 g/mol. The molecule has 0 saturated heterocycles. The van der Waals surface area contributed by atoms with Crippen LogP contribution in [0.1, 0.15) is 12.5 Å². The average Bonchev–Trinajstić information content (AvgIpc) is 2.41. The molecule has 0 aliphatic rings. The van der Waals surface area contributed by atoms with Crippen LogP contribution >= 0.6 is 35.0 Å². The molecule has 1 aromatic carbocycles. The zero-order valence-corrected chi connectivity index (χ0v) is 13.2. The lowest BCUT2D eigenvalue weighted by Gasteiger charge is -2.09. The predicted octanol–water partition coefficient (Wildman–Crippen LogP) is 4.66. The normalized spacial score (nSPS) is 10.6. The van der Waals surface area contributed by atoms with Crippen LogP contribution in [0, 0.1) is 0 Å². The number of nitrogens with zero attached hydrogens (tertiary/aromatic N) is 1. The molecule has 0 atom stereocenters. The van der Waals surface area contributed by atoms with Gasteiger partial charge in [0.25, 0.3) is 0 Å². The van der Waals surface area contributed by atoms with E-state index in [1.165, 1.54) is 0 Å². The first kappa shape index (κ1) is 15.3. The topological polar surface area (TPSA) is 48.1 Å². The molecule has 20 heavy (non-hydrogen) atoms. The van der Waals surface area contributed by atoms with Crippen molar-refractivity contribution < 1.29 is 4.74 Å². The van der Waals surface area contributed by atoms with E-state index in [4.69, 9.17) is 33.7 Å². The summed E-state index contributed by atoms with van der Waals surface area (Å²) in [7, 11) is 0.